The minimum Gasteiger partial charge on any atom is -0.465 e. The number of amides is 1. The summed E-state index contributed by atoms with van der Waals surface area (Å²) in [6, 6.07) is 13.0. The summed E-state index contributed by atoms with van der Waals surface area (Å²) >= 11 is 6.11. The van der Waals surface area contributed by atoms with E-state index >= 15 is 0 Å². The van der Waals surface area contributed by atoms with Gasteiger partial charge in [0, 0.05) is 22.7 Å². The minimum absolute atomic E-state index is 0.154. The van der Waals surface area contributed by atoms with Crippen LogP contribution < -0.4 is 10.2 Å². The normalized spacial score (nSPS) is 18.7. The summed E-state index contributed by atoms with van der Waals surface area (Å²) in [6.07, 6.45) is 0.571. The topological polar surface area (TPSA) is 59.8 Å². The molecule has 0 saturated carbocycles. The molecule has 2 aromatic rings. The van der Waals surface area contributed by atoms with Gasteiger partial charge < -0.3 is 15.0 Å². The number of halogens is 1. The Hall–Kier alpha value is -2.37. The first-order valence-electron chi connectivity index (χ1n) is 8.53. The summed E-state index contributed by atoms with van der Waals surface area (Å²) in [6.45, 7) is 2.65. The van der Waals surface area contributed by atoms with Gasteiger partial charge in [-0.05, 0) is 30.2 Å². The van der Waals surface area contributed by atoms with Crippen molar-refractivity contribution in [2.45, 2.75) is 25.9 Å². The van der Waals surface area contributed by atoms with Gasteiger partial charge in [0.1, 0.15) is 6.54 Å². The first kappa shape index (κ1) is 18.4. The van der Waals surface area contributed by atoms with E-state index in [1.165, 1.54) is 7.11 Å². The number of carbonyl (C=O) groups excluding carboxylic acids is 2. The molecule has 1 aliphatic heterocycles. The van der Waals surface area contributed by atoms with Crippen molar-refractivity contribution < 1.29 is 19.2 Å². The van der Waals surface area contributed by atoms with E-state index in [1.807, 2.05) is 37.3 Å². The molecule has 136 valence electrons. The standard InChI is InChI=1S/C20H21ClN2O3/c1-13-16(21)8-5-9-17(13)22-19(24)12-23-11-15-7-4-3-6-14(15)10-18(23)20(25)26-2/h3-9,18H,10-12H2,1-2H3,(H,22,24)/p+1/t18-/m0/s1. The molecule has 2 N–H and O–H groups in total. The van der Waals surface area contributed by atoms with Gasteiger partial charge in [-0.1, -0.05) is 41.9 Å². The Morgan fingerprint density at radius 2 is 1.92 bits per heavy atom. The van der Waals surface area contributed by atoms with Crippen molar-refractivity contribution in [1.29, 1.82) is 0 Å². The Kier molecular flexibility index (Phi) is 5.59. The third-order valence-electron chi connectivity index (χ3n) is 4.87. The molecule has 1 unspecified atom stereocenters. The highest BCUT2D eigenvalue weighted by Crippen LogP contribution is 2.22. The van der Waals surface area contributed by atoms with Gasteiger partial charge in [0.15, 0.2) is 12.6 Å². The number of benzene rings is 2. The van der Waals surface area contributed by atoms with Crippen LogP contribution in [0.15, 0.2) is 42.5 Å². The van der Waals surface area contributed by atoms with Crippen LogP contribution in [0.3, 0.4) is 0 Å². The van der Waals surface area contributed by atoms with Gasteiger partial charge in [0.2, 0.25) is 0 Å². The number of nitrogens with one attached hydrogen (secondary N) is 2. The van der Waals surface area contributed by atoms with Crippen molar-refractivity contribution in [3.8, 4) is 0 Å². The molecule has 0 saturated heterocycles. The summed E-state index contributed by atoms with van der Waals surface area (Å²) in [5.41, 5.74) is 3.81. The predicted molar refractivity (Wildman–Crippen MR) is 100 cm³/mol. The molecular formula is C20H22ClN2O3+. The number of esters is 1. The molecule has 1 amide bonds. The molecule has 1 heterocycles. The van der Waals surface area contributed by atoms with Gasteiger partial charge in [-0.15, -0.1) is 0 Å². The van der Waals surface area contributed by atoms with Crippen LogP contribution in [0.4, 0.5) is 5.69 Å². The second-order valence-electron chi connectivity index (χ2n) is 6.52. The van der Waals surface area contributed by atoms with E-state index in [-0.39, 0.29) is 24.5 Å². The molecule has 26 heavy (non-hydrogen) atoms. The van der Waals surface area contributed by atoms with Crippen molar-refractivity contribution in [3.63, 3.8) is 0 Å². The molecule has 0 radical (unpaired) electrons. The summed E-state index contributed by atoms with van der Waals surface area (Å²) in [5, 5.41) is 3.51. The molecule has 1 aliphatic rings. The zero-order valence-electron chi connectivity index (χ0n) is 14.8. The van der Waals surface area contributed by atoms with E-state index in [2.05, 4.69) is 5.32 Å². The highest BCUT2D eigenvalue weighted by molar-refractivity contribution is 6.31. The lowest BCUT2D eigenvalue weighted by molar-refractivity contribution is -0.924. The van der Waals surface area contributed by atoms with E-state index in [0.29, 0.717) is 23.7 Å². The Balaban J connectivity index is 1.76. The maximum Gasteiger partial charge on any atom is 0.365 e. The van der Waals surface area contributed by atoms with Crippen LogP contribution in [-0.2, 0) is 27.3 Å². The molecule has 5 nitrogen and oxygen atoms in total. The molecule has 0 spiro atoms. The average molecular weight is 374 g/mol. The maximum absolute atomic E-state index is 12.6. The lowest BCUT2D eigenvalue weighted by Crippen LogP contribution is -3.17. The predicted octanol–water partition coefficient (Wildman–Crippen LogP) is 1.77. The van der Waals surface area contributed by atoms with Crippen LogP contribution in [0.25, 0.3) is 0 Å². The molecule has 3 rings (SSSR count). The van der Waals surface area contributed by atoms with E-state index in [4.69, 9.17) is 16.3 Å². The largest absolute Gasteiger partial charge is 0.465 e. The van der Waals surface area contributed by atoms with Crippen molar-refractivity contribution in [1.82, 2.24) is 0 Å². The maximum atomic E-state index is 12.6. The van der Waals surface area contributed by atoms with Crippen molar-refractivity contribution >= 4 is 29.2 Å². The number of methoxy groups -OCH3 is 1. The van der Waals surface area contributed by atoms with Crippen LogP contribution in [-0.4, -0.2) is 31.6 Å². The number of rotatable bonds is 4. The lowest BCUT2D eigenvalue weighted by atomic mass is 9.94. The quantitative estimate of drug-likeness (QED) is 0.803. The average Bonchev–Trinajstić information content (AvgIpc) is 2.64. The van der Waals surface area contributed by atoms with Gasteiger partial charge in [0.25, 0.3) is 5.91 Å². The molecule has 6 heteroatoms. The monoisotopic (exact) mass is 373 g/mol. The van der Waals surface area contributed by atoms with Crippen LogP contribution >= 0.6 is 11.6 Å². The van der Waals surface area contributed by atoms with Gasteiger partial charge >= 0.3 is 5.97 Å². The molecular weight excluding hydrogens is 352 g/mol. The second-order valence-corrected chi connectivity index (χ2v) is 6.93. The first-order valence-corrected chi connectivity index (χ1v) is 8.91. The summed E-state index contributed by atoms with van der Waals surface area (Å²) in [4.78, 5) is 25.7. The Bertz CT molecular complexity index is 838. The number of ether oxygens (including phenoxy) is 1. The Morgan fingerprint density at radius 1 is 1.19 bits per heavy atom. The van der Waals surface area contributed by atoms with Crippen LogP contribution in [0.1, 0.15) is 16.7 Å². The number of hydrogen-bond acceptors (Lipinski definition) is 3. The highest BCUT2D eigenvalue weighted by Gasteiger charge is 2.37. The van der Waals surface area contributed by atoms with E-state index in [1.54, 1.807) is 12.1 Å². The molecule has 0 bridgehead atoms. The van der Waals surface area contributed by atoms with Gasteiger partial charge in [-0.25, -0.2) is 4.79 Å². The van der Waals surface area contributed by atoms with Gasteiger partial charge in [-0.3, -0.25) is 4.79 Å². The summed E-state index contributed by atoms with van der Waals surface area (Å²) in [5.74, 6) is -0.445. The van der Waals surface area contributed by atoms with Crippen molar-refractivity contribution in [2.24, 2.45) is 0 Å². The number of anilines is 1. The molecule has 0 fully saturated rings. The smallest absolute Gasteiger partial charge is 0.365 e. The fraction of sp³-hybridized carbons (Fsp3) is 0.300. The number of fused-ring (bicyclic) bond motifs is 1. The summed E-state index contributed by atoms with van der Waals surface area (Å²) < 4.78 is 4.96. The van der Waals surface area contributed by atoms with Gasteiger partial charge in [-0.2, -0.15) is 0 Å². The second kappa shape index (κ2) is 7.89. The zero-order chi connectivity index (χ0) is 18.7. The Morgan fingerprint density at radius 3 is 2.65 bits per heavy atom. The SMILES string of the molecule is COC(=O)[C@@H]1Cc2ccccc2C[NH+]1CC(=O)Nc1cccc(Cl)c1C. The van der Waals surface area contributed by atoms with Gasteiger partial charge in [0.05, 0.1) is 7.11 Å². The Labute approximate surface area is 157 Å². The van der Waals surface area contributed by atoms with Crippen LogP contribution in [0.5, 0.6) is 0 Å². The van der Waals surface area contributed by atoms with Crippen molar-refractivity contribution in [3.05, 3.63) is 64.2 Å². The van der Waals surface area contributed by atoms with E-state index in [0.717, 1.165) is 21.6 Å². The first-order chi connectivity index (χ1) is 12.5. The number of carbonyl (C=O) groups is 2. The van der Waals surface area contributed by atoms with Crippen LogP contribution in [0, 0.1) is 6.92 Å². The fourth-order valence-electron chi connectivity index (χ4n) is 3.38. The third-order valence-corrected chi connectivity index (χ3v) is 5.28. The molecule has 2 aromatic carbocycles. The highest BCUT2D eigenvalue weighted by atomic mass is 35.5. The molecule has 0 aliphatic carbocycles. The fourth-order valence-corrected chi connectivity index (χ4v) is 3.56. The summed E-state index contributed by atoms with van der Waals surface area (Å²) in [7, 11) is 1.38. The minimum atomic E-state index is -0.388. The third kappa shape index (κ3) is 3.89. The van der Waals surface area contributed by atoms with E-state index in [9.17, 15) is 9.59 Å². The lowest BCUT2D eigenvalue weighted by Gasteiger charge is -2.31. The zero-order valence-corrected chi connectivity index (χ0v) is 15.6. The number of quaternary nitrogens is 1. The van der Waals surface area contributed by atoms with Crippen LogP contribution in [0.2, 0.25) is 5.02 Å². The van der Waals surface area contributed by atoms with E-state index < -0.39 is 0 Å². The van der Waals surface area contributed by atoms with Crippen molar-refractivity contribution in [2.75, 3.05) is 19.0 Å². The number of hydrogen-bond donors (Lipinski definition) is 2. The molecule has 0 aromatic heterocycles. The molecule has 2 atom stereocenters.